The van der Waals surface area contributed by atoms with Gasteiger partial charge in [0.1, 0.15) is 0 Å². The summed E-state index contributed by atoms with van der Waals surface area (Å²) in [6.45, 7) is 8.85. The predicted octanol–water partition coefficient (Wildman–Crippen LogP) is 5.26. The summed E-state index contributed by atoms with van der Waals surface area (Å²) >= 11 is 5.79. The van der Waals surface area contributed by atoms with Crippen LogP contribution in [0.1, 0.15) is 54.6 Å². The van der Waals surface area contributed by atoms with Crippen molar-refractivity contribution in [2.75, 3.05) is 4.90 Å². The summed E-state index contributed by atoms with van der Waals surface area (Å²) in [5, 5.41) is 4.28. The number of hydrogen-bond acceptors (Lipinski definition) is 2. The van der Waals surface area contributed by atoms with Crippen molar-refractivity contribution in [3.05, 3.63) is 83.4 Å². The molecule has 0 bridgehead atoms. The molecule has 1 aliphatic rings. The van der Waals surface area contributed by atoms with Crippen molar-refractivity contribution in [3.8, 4) is 0 Å². The SMILES string of the molecule is Cc1cc([C@@H]2[C@@H](c3ccccn3)NC(=S)N2c2ccccc2)c(C)n1C(C)C. The summed E-state index contributed by atoms with van der Waals surface area (Å²) in [6.07, 6.45) is 1.85. The molecule has 1 aliphatic heterocycles. The lowest BCUT2D eigenvalue weighted by Gasteiger charge is -2.28. The quantitative estimate of drug-likeness (QED) is 0.616. The molecule has 3 heterocycles. The standard InChI is InChI=1S/C23H26N4S/c1-15(2)26-16(3)14-19(17(26)4)22-21(20-12-8-9-13-24-20)25-23(28)27(22)18-10-6-5-7-11-18/h5-15,21-22H,1-4H3,(H,25,28)/t21-,22-/m1/s1. The first-order valence-corrected chi connectivity index (χ1v) is 10.1. The molecule has 1 N–H and O–H groups in total. The normalized spacial score (nSPS) is 19.3. The lowest BCUT2D eigenvalue weighted by Crippen LogP contribution is -2.29. The molecule has 1 saturated heterocycles. The largest absolute Gasteiger partial charge is 0.351 e. The first-order chi connectivity index (χ1) is 13.5. The van der Waals surface area contributed by atoms with Crippen molar-refractivity contribution in [1.29, 1.82) is 0 Å². The Bertz CT molecular complexity index is 979. The lowest BCUT2D eigenvalue weighted by molar-refractivity contribution is 0.547. The van der Waals surface area contributed by atoms with E-state index in [1.807, 2.05) is 24.4 Å². The molecular weight excluding hydrogens is 364 g/mol. The van der Waals surface area contributed by atoms with Crippen LogP contribution in [0.5, 0.6) is 0 Å². The van der Waals surface area contributed by atoms with E-state index in [1.54, 1.807) is 0 Å². The highest BCUT2D eigenvalue weighted by atomic mass is 32.1. The second-order valence-corrected chi connectivity index (χ2v) is 8.01. The number of aromatic nitrogens is 2. The van der Waals surface area contributed by atoms with Crippen LogP contribution in [0.25, 0.3) is 0 Å². The molecule has 0 aliphatic carbocycles. The Hall–Kier alpha value is -2.66. The maximum atomic E-state index is 5.79. The van der Waals surface area contributed by atoms with Gasteiger partial charge in [0.2, 0.25) is 0 Å². The first-order valence-electron chi connectivity index (χ1n) is 9.73. The minimum Gasteiger partial charge on any atom is -0.351 e. The molecule has 0 unspecified atom stereocenters. The summed E-state index contributed by atoms with van der Waals surface area (Å²) in [5.74, 6) is 0. The molecule has 3 aromatic rings. The van der Waals surface area contributed by atoms with Crippen molar-refractivity contribution in [2.45, 2.75) is 45.8 Å². The number of anilines is 1. The molecule has 2 aromatic heterocycles. The van der Waals surface area contributed by atoms with Gasteiger partial charge in [0.25, 0.3) is 0 Å². The number of rotatable bonds is 4. The van der Waals surface area contributed by atoms with Crippen LogP contribution in [0.15, 0.2) is 60.8 Å². The van der Waals surface area contributed by atoms with Gasteiger partial charge in [0, 0.05) is 29.3 Å². The van der Waals surface area contributed by atoms with Gasteiger partial charge in [-0.25, -0.2) is 0 Å². The van der Waals surface area contributed by atoms with E-state index < -0.39 is 0 Å². The number of nitrogens with zero attached hydrogens (tertiary/aromatic N) is 3. The highest BCUT2D eigenvalue weighted by Crippen LogP contribution is 2.43. The molecule has 2 atom stereocenters. The van der Waals surface area contributed by atoms with Gasteiger partial charge < -0.3 is 14.8 Å². The third kappa shape index (κ3) is 3.10. The van der Waals surface area contributed by atoms with Crippen LogP contribution in [0.2, 0.25) is 0 Å². The fraction of sp³-hybridized carbons (Fsp3) is 0.304. The van der Waals surface area contributed by atoms with Gasteiger partial charge in [-0.3, -0.25) is 4.98 Å². The molecule has 0 amide bonds. The zero-order valence-corrected chi connectivity index (χ0v) is 17.6. The first kappa shape index (κ1) is 18.7. The van der Waals surface area contributed by atoms with Gasteiger partial charge in [0.15, 0.2) is 5.11 Å². The van der Waals surface area contributed by atoms with E-state index in [0.29, 0.717) is 6.04 Å². The van der Waals surface area contributed by atoms with Gasteiger partial charge in [-0.05, 0) is 75.8 Å². The zero-order chi connectivity index (χ0) is 19.8. The lowest BCUT2D eigenvalue weighted by atomic mass is 9.96. The van der Waals surface area contributed by atoms with Gasteiger partial charge in [-0.1, -0.05) is 24.3 Å². The van der Waals surface area contributed by atoms with Crippen LogP contribution in [-0.2, 0) is 0 Å². The van der Waals surface area contributed by atoms with Crippen LogP contribution in [0.3, 0.4) is 0 Å². The number of pyridine rings is 1. The summed E-state index contributed by atoms with van der Waals surface area (Å²) in [6, 6.07) is 19.2. The summed E-state index contributed by atoms with van der Waals surface area (Å²) in [5.41, 5.74) is 5.94. The van der Waals surface area contributed by atoms with Gasteiger partial charge in [-0.2, -0.15) is 0 Å². The Morgan fingerprint density at radius 2 is 1.75 bits per heavy atom. The van der Waals surface area contributed by atoms with Crippen molar-refractivity contribution < 1.29 is 0 Å². The molecule has 4 nitrogen and oxygen atoms in total. The van der Waals surface area contributed by atoms with Gasteiger partial charge in [-0.15, -0.1) is 0 Å². The number of aryl methyl sites for hydroxylation is 1. The van der Waals surface area contributed by atoms with Crippen LogP contribution >= 0.6 is 12.2 Å². The average Bonchev–Trinajstić information content (AvgIpc) is 3.18. The topological polar surface area (TPSA) is 33.1 Å². The number of nitrogens with one attached hydrogen (secondary N) is 1. The van der Waals surface area contributed by atoms with E-state index in [1.165, 1.54) is 17.0 Å². The van der Waals surface area contributed by atoms with E-state index in [9.17, 15) is 0 Å². The number of para-hydroxylation sites is 1. The second-order valence-electron chi connectivity index (χ2n) is 7.62. The molecule has 28 heavy (non-hydrogen) atoms. The number of thiocarbonyl (C=S) groups is 1. The fourth-order valence-corrected chi connectivity index (χ4v) is 4.78. The second kappa shape index (κ2) is 7.40. The molecule has 1 fully saturated rings. The Kier molecular flexibility index (Phi) is 4.94. The maximum absolute atomic E-state index is 5.79. The van der Waals surface area contributed by atoms with Gasteiger partial charge >= 0.3 is 0 Å². The van der Waals surface area contributed by atoms with Crippen molar-refractivity contribution in [1.82, 2.24) is 14.9 Å². The minimum atomic E-state index is -0.00461. The Morgan fingerprint density at radius 1 is 1.04 bits per heavy atom. The minimum absolute atomic E-state index is 0.00461. The summed E-state index contributed by atoms with van der Waals surface area (Å²) < 4.78 is 2.40. The molecular formula is C23H26N4S. The van der Waals surface area contributed by atoms with Crippen LogP contribution in [-0.4, -0.2) is 14.7 Å². The Morgan fingerprint density at radius 3 is 2.36 bits per heavy atom. The summed E-state index contributed by atoms with van der Waals surface area (Å²) in [7, 11) is 0. The Labute approximate surface area is 172 Å². The van der Waals surface area contributed by atoms with E-state index in [4.69, 9.17) is 12.2 Å². The van der Waals surface area contributed by atoms with Crippen molar-refractivity contribution >= 4 is 23.0 Å². The fourth-order valence-electron chi connectivity index (χ4n) is 4.43. The van der Waals surface area contributed by atoms with E-state index in [0.717, 1.165) is 16.5 Å². The van der Waals surface area contributed by atoms with Crippen LogP contribution in [0.4, 0.5) is 5.69 Å². The summed E-state index contributed by atoms with van der Waals surface area (Å²) in [4.78, 5) is 6.87. The molecule has 144 valence electrons. The molecule has 0 saturated carbocycles. The highest BCUT2D eigenvalue weighted by molar-refractivity contribution is 7.80. The molecule has 0 spiro atoms. The molecule has 0 radical (unpaired) electrons. The van der Waals surface area contributed by atoms with E-state index in [-0.39, 0.29) is 12.1 Å². The molecule has 5 heteroatoms. The van der Waals surface area contributed by atoms with E-state index in [2.05, 4.69) is 83.9 Å². The number of benzene rings is 1. The monoisotopic (exact) mass is 390 g/mol. The zero-order valence-electron chi connectivity index (χ0n) is 16.8. The van der Waals surface area contributed by atoms with Crippen LogP contribution in [0, 0.1) is 13.8 Å². The Balaban J connectivity index is 1.89. The number of hydrogen-bond donors (Lipinski definition) is 1. The highest BCUT2D eigenvalue weighted by Gasteiger charge is 2.42. The smallest absolute Gasteiger partial charge is 0.174 e. The van der Waals surface area contributed by atoms with Crippen LogP contribution < -0.4 is 10.2 Å². The maximum Gasteiger partial charge on any atom is 0.174 e. The third-order valence-electron chi connectivity index (χ3n) is 5.49. The molecule has 1 aromatic carbocycles. The van der Waals surface area contributed by atoms with Crippen molar-refractivity contribution in [3.63, 3.8) is 0 Å². The van der Waals surface area contributed by atoms with E-state index >= 15 is 0 Å². The van der Waals surface area contributed by atoms with Gasteiger partial charge in [0.05, 0.1) is 17.8 Å². The molecule has 4 rings (SSSR count). The predicted molar refractivity (Wildman–Crippen MR) is 119 cm³/mol. The average molecular weight is 391 g/mol. The van der Waals surface area contributed by atoms with Crippen molar-refractivity contribution in [2.24, 2.45) is 0 Å². The third-order valence-corrected chi connectivity index (χ3v) is 5.81.